The summed E-state index contributed by atoms with van der Waals surface area (Å²) in [5.74, 6) is 2.01. The summed E-state index contributed by atoms with van der Waals surface area (Å²) in [4.78, 5) is 12.9. The van der Waals surface area contributed by atoms with E-state index in [1.54, 1.807) is 50.6 Å². The molecule has 7 heteroatoms. The van der Waals surface area contributed by atoms with Crippen molar-refractivity contribution in [3.05, 3.63) is 77.7 Å². The van der Waals surface area contributed by atoms with Crippen LogP contribution in [0.2, 0.25) is 0 Å². The van der Waals surface area contributed by atoms with E-state index < -0.39 is 10.8 Å². The van der Waals surface area contributed by atoms with Gasteiger partial charge in [0.15, 0.2) is 5.76 Å². The molecule has 0 saturated carbocycles. The van der Waals surface area contributed by atoms with Crippen LogP contribution in [0.4, 0.5) is 0 Å². The number of amides is 1. The monoisotopic (exact) mass is 399 g/mol. The second-order valence-corrected chi connectivity index (χ2v) is 7.41. The largest absolute Gasteiger partial charge is 0.497 e. The molecule has 0 aliphatic heterocycles. The maximum atomic E-state index is 12.5. The maximum absolute atomic E-state index is 12.5. The molecule has 0 aliphatic rings. The minimum absolute atomic E-state index is 0.190. The SMILES string of the molecule is COc1ccc(CNC(=O)c2ccc(C[S@@](=O)c3ccc(OC)cc3)o2)cc1. The van der Waals surface area contributed by atoms with Crippen LogP contribution in [-0.2, 0) is 23.1 Å². The zero-order valence-electron chi connectivity index (χ0n) is 15.6. The number of carbonyl (C=O) groups is 1. The van der Waals surface area contributed by atoms with Gasteiger partial charge in [0.25, 0.3) is 5.91 Å². The molecule has 0 aliphatic carbocycles. The first kappa shape index (κ1) is 19.7. The highest BCUT2D eigenvalue weighted by Gasteiger charge is 2.14. The molecule has 146 valence electrons. The Morgan fingerprint density at radius 2 is 1.54 bits per heavy atom. The molecular formula is C21H21NO5S. The van der Waals surface area contributed by atoms with Gasteiger partial charge in [0.1, 0.15) is 17.3 Å². The molecule has 2 aromatic carbocycles. The lowest BCUT2D eigenvalue weighted by Gasteiger charge is -2.05. The Hall–Kier alpha value is -3.06. The van der Waals surface area contributed by atoms with E-state index in [4.69, 9.17) is 13.9 Å². The van der Waals surface area contributed by atoms with Crippen LogP contribution in [0.15, 0.2) is 70.0 Å². The van der Waals surface area contributed by atoms with Crippen LogP contribution in [-0.4, -0.2) is 24.3 Å². The Balaban J connectivity index is 1.56. The van der Waals surface area contributed by atoms with Gasteiger partial charge in [-0.3, -0.25) is 9.00 Å². The van der Waals surface area contributed by atoms with Crippen molar-refractivity contribution in [2.75, 3.05) is 14.2 Å². The van der Waals surface area contributed by atoms with E-state index in [1.165, 1.54) is 0 Å². The van der Waals surface area contributed by atoms with Crippen molar-refractivity contribution < 1.29 is 22.9 Å². The van der Waals surface area contributed by atoms with Gasteiger partial charge in [0, 0.05) is 11.4 Å². The number of benzene rings is 2. The number of nitrogens with one attached hydrogen (secondary N) is 1. The number of methoxy groups -OCH3 is 2. The van der Waals surface area contributed by atoms with Crippen LogP contribution in [0.25, 0.3) is 0 Å². The van der Waals surface area contributed by atoms with Crippen LogP contribution in [0.5, 0.6) is 11.5 Å². The lowest BCUT2D eigenvalue weighted by molar-refractivity contribution is 0.0921. The Morgan fingerprint density at radius 3 is 2.14 bits per heavy atom. The summed E-state index contributed by atoms with van der Waals surface area (Å²) in [7, 11) is 1.91. The third-order valence-corrected chi connectivity index (χ3v) is 5.44. The van der Waals surface area contributed by atoms with Gasteiger partial charge in [-0.1, -0.05) is 12.1 Å². The molecule has 6 nitrogen and oxygen atoms in total. The minimum atomic E-state index is -1.27. The molecule has 0 spiro atoms. The molecule has 1 aromatic heterocycles. The summed E-state index contributed by atoms with van der Waals surface area (Å²) in [5, 5.41) is 2.80. The van der Waals surface area contributed by atoms with E-state index in [0.29, 0.717) is 22.9 Å². The number of furan rings is 1. The molecule has 0 saturated heterocycles. The molecule has 0 radical (unpaired) electrons. The lowest BCUT2D eigenvalue weighted by atomic mass is 10.2. The number of rotatable bonds is 8. The number of carbonyl (C=O) groups excluding carboxylic acids is 1. The molecule has 3 rings (SSSR count). The molecular weight excluding hydrogens is 378 g/mol. The van der Waals surface area contributed by atoms with E-state index >= 15 is 0 Å². The van der Waals surface area contributed by atoms with E-state index in [-0.39, 0.29) is 17.4 Å². The van der Waals surface area contributed by atoms with Crippen molar-refractivity contribution in [1.82, 2.24) is 5.32 Å². The topological polar surface area (TPSA) is 77.8 Å². The van der Waals surface area contributed by atoms with Gasteiger partial charge in [-0.15, -0.1) is 0 Å². The third-order valence-electron chi connectivity index (χ3n) is 4.09. The first-order valence-corrected chi connectivity index (χ1v) is 9.93. The minimum Gasteiger partial charge on any atom is -0.497 e. The van der Waals surface area contributed by atoms with Gasteiger partial charge in [-0.05, 0) is 54.1 Å². The molecule has 28 heavy (non-hydrogen) atoms. The summed E-state index contributed by atoms with van der Waals surface area (Å²) in [5.41, 5.74) is 0.946. The van der Waals surface area contributed by atoms with Crippen molar-refractivity contribution in [2.24, 2.45) is 0 Å². The summed E-state index contributed by atoms with van der Waals surface area (Å²) in [6.45, 7) is 0.372. The Kier molecular flexibility index (Phi) is 6.49. The normalized spacial score (nSPS) is 11.6. The molecule has 3 aromatic rings. The molecule has 0 bridgehead atoms. The smallest absolute Gasteiger partial charge is 0.287 e. The second-order valence-electron chi connectivity index (χ2n) is 5.96. The number of hydrogen-bond donors (Lipinski definition) is 1. The van der Waals surface area contributed by atoms with Crippen LogP contribution in [0.1, 0.15) is 21.9 Å². The van der Waals surface area contributed by atoms with E-state index in [9.17, 15) is 9.00 Å². The number of ether oxygens (including phenoxy) is 2. The van der Waals surface area contributed by atoms with Crippen LogP contribution < -0.4 is 14.8 Å². The van der Waals surface area contributed by atoms with Gasteiger partial charge in [0.2, 0.25) is 0 Å². The summed E-state index contributed by atoms with van der Waals surface area (Å²) in [6.07, 6.45) is 0. The summed E-state index contributed by atoms with van der Waals surface area (Å²) in [6, 6.07) is 17.7. The zero-order chi connectivity index (χ0) is 19.9. The standard InChI is InChI=1S/C21H21NO5S/c1-25-16-5-3-15(4-6-16)13-22-21(23)20-12-9-18(27-20)14-28(24)19-10-7-17(26-2)8-11-19/h3-12H,13-14H2,1-2H3,(H,22,23)/t28-/m1/s1. The average Bonchev–Trinajstić information content (AvgIpc) is 3.21. The maximum Gasteiger partial charge on any atom is 0.287 e. The molecule has 1 amide bonds. The fourth-order valence-corrected chi connectivity index (χ4v) is 3.55. The second kappa shape index (κ2) is 9.23. The quantitative estimate of drug-likeness (QED) is 0.627. The van der Waals surface area contributed by atoms with Gasteiger partial charge >= 0.3 is 0 Å². The van der Waals surface area contributed by atoms with Crippen molar-refractivity contribution >= 4 is 16.7 Å². The highest BCUT2D eigenvalue weighted by atomic mass is 32.2. The Bertz CT molecular complexity index is 948. The first-order chi connectivity index (χ1) is 13.6. The predicted octanol–water partition coefficient (Wildman–Crippen LogP) is 3.53. The van der Waals surface area contributed by atoms with Crippen LogP contribution >= 0.6 is 0 Å². The van der Waals surface area contributed by atoms with Gasteiger partial charge in [-0.25, -0.2) is 0 Å². The van der Waals surface area contributed by atoms with E-state index in [2.05, 4.69) is 5.32 Å². The fourth-order valence-electron chi connectivity index (χ4n) is 2.53. The van der Waals surface area contributed by atoms with Crippen LogP contribution in [0.3, 0.4) is 0 Å². The van der Waals surface area contributed by atoms with Crippen molar-refractivity contribution in [1.29, 1.82) is 0 Å². The Labute approximate surface area is 165 Å². The molecule has 1 atom stereocenters. The summed E-state index contributed by atoms with van der Waals surface area (Å²) >= 11 is 0. The van der Waals surface area contributed by atoms with Crippen LogP contribution in [0, 0.1) is 0 Å². The van der Waals surface area contributed by atoms with Crippen molar-refractivity contribution in [2.45, 2.75) is 17.2 Å². The van der Waals surface area contributed by atoms with Crippen molar-refractivity contribution in [3.63, 3.8) is 0 Å². The highest BCUT2D eigenvalue weighted by molar-refractivity contribution is 7.84. The van der Waals surface area contributed by atoms with E-state index in [0.717, 1.165) is 11.3 Å². The molecule has 1 N–H and O–H groups in total. The molecule has 1 heterocycles. The average molecular weight is 399 g/mol. The van der Waals surface area contributed by atoms with Gasteiger partial charge < -0.3 is 19.2 Å². The number of hydrogen-bond acceptors (Lipinski definition) is 5. The third kappa shape index (κ3) is 5.01. The Morgan fingerprint density at radius 1 is 0.929 bits per heavy atom. The van der Waals surface area contributed by atoms with E-state index in [1.807, 2.05) is 24.3 Å². The summed E-state index contributed by atoms with van der Waals surface area (Å²) < 4.78 is 28.2. The highest BCUT2D eigenvalue weighted by Crippen LogP contribution is 2.18. The lowest BCUT2D eigenvalue weighted by Crippen LogP contribution is -2.22. The van der Waals surface area contributed by atoms with Gasteiger partial charge in [-0.2, -0.15) is 0 Å². The zero-order valence-corrected chi connectivity index (χ0v) is 16.5. The fraction of sp³-hybridized carbons (Fsp3) is 0.190. The molecule has 0 unspecified atom stereocenters. The predicted molar refractivity (Wildman–Crippen MR) is 106 cm³/mol. The van der Waals surface area contributed by atoms with Crippen molar-refractivity contribution in [3.8, 4) is 11.5 Å². The molecule has 0 fully saturated rings. The van der Waals surface area contributed by atoms with Gasteiger partial charge in [0.05, 0.1) is 30.8 Å². The first-order valence-electron chi connectivity index (χ1n) is 8.61.